The molecule has 36 heavy (non-hydrogen) atoms. The van der Waals surface area contributed by atoms with E-state index >= 15 is 0 Å². The molecule has 0 atom stereocenters. The average molecular weight is 497 g/mol. The summed E-state index contributed by atoms with van der Waals surface area (Å²) in [4.78, 5) is 24.9. The largest absolute Gasteiger partial charge is 0.416 e. The molecular weight excluding hydrogens is 482 g/mol. The Bertz CT molecular complexity index is 1620. The number of hydrogen-bond acceptors (Lipinski definition) is 7. The van der Waals surface area contributed by atoms with E-state index in [0.29, 0.717) is 46.5 Å². The molecule has 0 saturated carbocycles. The fourth-order valence-corrected chi connectivity index (χ4v) is 3.51. The molecule has 0 spiro atoms. The van der Waals surface area contributed by atoms with Gasteiger partial charge in [-0.15, -0.1) is 0 Å². The summed E-state index contributed by atoms with van der Waals surface area (Å²) in [6, 6.07) is 3.13. The van der Waals surface area contributed by atoms with Crippen molar-refractivity contribution >= 4 is 23.1 Å². The number of nitrogens with one attached hydrogen (secondary N) is 1. The van der Waals surface area contributed by atoms with Gasteiger partial charge in [0.1, 0.15) is 12.1 Å². The van der Waals surface area contributed by atoms with Crippen molar-refractivity contribution in [1.29, 1.82) is 0 Å². The molecule has 5 aromatic rings. The maximum atomic E-state index is 14.1. The van der Waals surface area contributed by atoms with Crippen LogP contribution < -0.4 is 11.1 Å². The van der Waals surface area contributed by atoms with E-state index in [1.807, 2.05) is 0 Å². The number of carbonyl (C=O) groups is 1. The zero-order valence-electron chi connectivity index (χ0n) is 18.3. The first kappa shape index (κ1) is 22.9. The maximum absolute atomic E-state index is 14.1. The molecule has 0 unspecified atom stereocenters. The van der Waals surface area contributed by atoms with Gasteiger partial charge in [-0.05, 0) is 31.2 Å². The molecule has 0 bridgehead atoms. The number of hydrogen-bond donors (Lipinski definition) is 2. The summed E-state index contributed by atoms with van der Waals surface area (Å²) in [6.07, 6.45) is 2.67. The number of carbonyl (C=O) groups excluding carboxylic acids is 1. The Balaban J connectivity index is 1.45. The van der Waals surface area contributed by atoms with Crippen LogP contribution in [0.3, 0.4) is 0 Å². The second kappa shape index (κ2) is 8.41. The van der Waals surface area contributed by atoms with Gasteiger partial charge in [0.2, 0.25) is 0 Å². The van der Waals surface area contributed by atoms with Crippen molar-refractivity contribution in [3.8, 4) is 16.9 Å². The lowest BCUT2D eigenvalue weighted by molar-refractivity contribution is -0.137. The smallest absolute Gasteiger partial charge is 0.381 e. The predicted molar refractivity (Wildman–Crippen MR) is 120 cm³/mol. The standard InChI is InChI=1S/C22H15F4N9O/c1-11-17(34-9-12(6-31-34)18-8-29-20-19(27)30-10-32-35(18)20)5-14(7-28-11)33-21(36)15-4-13(22(24,25)26)2-3-16(15)23/h2-10H,1H3,(H,33,36)(H2,27,30,32). The maximum Gasteiger partial charge on any atom is 0.416 e. The fraction of sp³-hybridized carbons (Fsp3) is 0.0909. The van der Waals surface area contributed by atoms with Crippen LogP contribution in [0.15, 0.2) is 55.4 Å². The van der Waals surface area contributed by atoms with Crippen LogP contribution in [0.25, 0.3) is 22.6 Å². The number of benzene rings is 1. The molecule has 182 valence electrons. The SMILES string of the molecule is Cc1ncc(NC(=O)c2cc(C(F)(F)F)ccc2F)cc1-n1cc(-c2cnc3c(N)ncnn23)cn1. The van der Waals surface area contributed by atoms with Gasteiger partial charge in [-0.1, -0.05) is 0 Å². The zero-order valence-corrected chi connectivity index (χ0v) is 18.3. The van der Waals surface area contributed by atoms with Gasteiger partial charge in [0.05, 0.1) is 52.5 Å². The average Bonchev–Trinajstić information content (AvgIpc) is 3.47. The number of imidazole rings is 1. The van der Waals surface area contributed by atoms with Crippen molar-refractivity contribution in [2.45, 2.75) is 13.1 Å². The summed E-state index contributed by atoms with van der Waals surface area (Å²) < 4.78 is 56.1. The minimum absolute atomic E-state index is 0.129. The normalized spacial score (nSPS) is 11.7. The van der Waals surface area contributed by atoms with E-state index in [4.69, 9.17) is 5.73 Å². The van der Waals surface area contributed by atoms with Crippen LogP contribution >= 0.6 is 0 Å². The van der Waals surface area contributed by atoms with Crippen molar-refractivity contribution in [2.24, 2.45) is 0 Å². The van der Waals surface area contributed by atoms with Crippen molar-refractivity contribution in [2.75, 3.05) is 11.1 Å². The monoisotopic (exact) mass is 497 g/mol. The third-order valence-electron chi connectivity index (χ3n) is 5.31. The number of anilines is 2. The third-order valence-corrected chi connectivity index (χ3v) is 5.31. The highest BCUT2D eigenvalue weighted by molar-refractivity contribution is 6.04. The number of nitrogens with zero attached hydrogens (tertiary/aromatic N) is 7. The molecule has 0 saturated heterocycles. The number of pyridine rings is 1. The Morgan fingerprint density at radius 2 is 1.86 bits per heavy atom. The number of aryl methyl sites for hydroxylation is 1. The molecular formula is C22H15F4N9O. The zero-order chi connectivity index (χ0) is 25.6. The number of aromatic nitrogens is 7. The van der Waals surface area contributed by atoms with Crippen LogP contribution in [-0.4, -0.2) is 40.3 Å². The van der Waals surface area contributed by atoms with Crippen LogP contribution in [0.1, 0.15) is 21.6 Å². The number of nitrogens with two attached hydrogens (primary N) is 1. The molecule has 3 N–H and O–H groups in total. The van der Waals surface area contributed by atoms with E-state index in [1.165, 1.54) is 27.8 Å². The molecule has 14 heteroatoms. The van der Waals surface area contributed by atoms with Gasteiger partial charge in [-0.3, -0.25) is 9.78 Å². The summed E-state index contributed by atoms with van der Waals surface area (Å²) in [6.45, 7) is 1.71. The van der Waals surface area contributed by atoms with Crippen LogP contribution in [-0.2, 0) is 6.18 Å². The molecule has 0 fully saturated rings. The first-order chi connectivity index (χ1) is 17.1. The molecule has 1 aromatic carbocycles. The fourth-order valence-electron chi connectivity index (χ4n) is 3.51. The Morgan fingerprint density at radius 3 is 2.64 bits per heavy atom. The lowest BCUT2D eigenvalue weighted by Crippen LogP contribution is -2.16. The number of fused-ring (bicyclic) bond motifs is 1. The van der Waals surface area contributed by atoms with Crippen LogP contribution in [0.4, 0.5) is 29.1 Å². The minimum Gasteiger partial charge on any atom is -0.381 e. The Hall–Kier alpha value is -4.88. The Kier molecular flexibility index (Phi) is 5.35. The second-order valence-corrected chi connectivity index (χ2v) is 7.67. The molecule has 4 heterocycles. The van der Waals surface area contributed by atoms with Crippen molar-refractivity contribution in [3.63, 3.8) is 0 Å². The lowest BCUT2D eigenvalue weighted by atomic mass is 10.1. The van der Waals surface area contributed by atoms with Gasteiger partial charge in [0.15, 0.2) is 11.5 Å². The molecule has 0 aliphatic carbocycles. The molecule has 0 aliphatic heterocycles. The summed E-state index contributed by atoms with van der Waals surface area (Å²) in [5.74, 6) is -1.93. The number of rotatable bonds is 4. The van der Waals surface area contributed by atoms with Crippen molar-refractivity contribution in [1.82, 2.24) is 34.3 Å². The number of nitrogen functional groups attached to an aromatic ring is 1. The van der Waals surface area contributed by atoms with Gasteiger partial charge in [0, 0.05) is 11.8 Å². The van der Waals surface area contributed by atoms with Crippen LogP contribution in [0, 0.1) is 12.7 Å². The van der Waals surface area contributed by atoms with Gasteiger partial charge >= 0.3 is 6.18 Å². The van der Waals surface area contributed by atoms with Crippen LogP contribution in [0.5, 0.6) is 0 Å². The van der Waals surface area contributed by atoms with E-state index in [2.05, 4.69) is 30.5 Å². The summed E-state index contributed by atoms with van der Waals surface area (Å²) >= 11 is 0. The van der Waals surface area contributed by atoms with E-state index < -0.39 is 29.0 Å². The van der Waals surface area contributed by atoms with E-state index in [-0.39, 0.29) is 11.5 Å². The number of halogens is 4. The molecule has 5 rings (SSSR count). The molecule has 1 amide bonds. The van der Waals surface area contributed by atoms with E-state index in [9.17, 15) is 22.4 Å². The van der Waals surface area contributed by atoms with Crippen LogP contribution in [0.2, 0.25) is 0 Å². The highest BCUT2D eigenvalue weighted by atomic mass is 19.4. The Labute approximate surface area is 199 Å². The van der Waals surface area contributed by atoms with E-state index in [0.717, 1.165) is 0 Å². The minimum atomic E-state index is -4.72. The first-order valence-corrected chi connectivity index (χ1v) is 10.3. The van der Waals surface area contributed by atoms with E-state index in [1.54, 1.807) is 25.5 Å². The predicted octanol–water partition coefficient (Wildman–Crippen LogP) is 3.67. The summed E-state index contributed by atoms with van der Waals surface area (Å²) in [7, 11) is 0. The first-order valence-electron chi connectivity index (χ1n) is 10.3. The number of amides is 1. The molecule has 10 nitrogen and oxygen atoms in total. The highest BCUT2D eigenvalue weighted by Crippen LogP contribution is 2.31. The highest BCUT2D eigenvalue weighted by Gasteiger charge is 2.32. The van der Waals surface area contributed by atoms with Gasteiger partial charge in [-0.25, -0.2) is 23.6 Å². The van der Waals surface area contributed by atoms with Crippen molar-refractivity contribution in [3.05, 3.63) is 78.0 Å². The van der Waals surface area contributed by atoms with Gasteiger partial charge in [-0.2, -0.15) is 23.4 Å². The second-order valence-electron chi connectivity index (χ2n) is 7.67. The summed E-state index contributed by atoms with van der Waals surface area (Å²) in [5, 5.41) is 10.9. The van der Waals surface area contributed by atoms with Gasteiger partial charge in [0.25, 0.3) is 5.91 Å². The topological polar surface area (TPSA) is 129 Å². The number of alkyl halides is 3. The quantitative estimate of drug-likeness (QED) is 0.363. The molecule has 0 radical (unpaired) electrons. The summed E-state index contributed by atoms with van der Waals surface area (Å²) in [5.41, 5.74) is 6.69. The van der Waals surface area contributed by atoms with Crippen molar-refractivity contribution < 1.29 is 22.4 Å². The third kappa shape index (κ3) is 4.08. The molecule has 4 aromatic heterocycles. The van der Waals surface area contributed by atoms with Gasteiger partial charge < -0.3 is 11.1 Å². The molecule has 0 aliphatic rings. The Morgan fingerprint density at radius 1 is 1.06 bits per heavy atom. The lowest BCUT2D eigenvalue weighted by Gasteiger charge is -2.12.